The van der Waals surface area contributed by atoms with Crippen LogP contribution in [0.25, 0.3) is 6.08 Å². The Kier molecular flexibility index (Phi) is 3.22. The molecule has 0 radical (unpaired) electrons. The summed E-state index contributed by atoms with van der Waals surface area (Å²) in [6.07, 6.45) is 11.1. The molecule has 80 valence electrons. The minimum absolute atomic E-state index is 0.276. The first-order valence-corrected chi connectivity index (χ1v) is 5.60. The first-order valence-electron chi connectivity index (χ1n) is 5.60. The summed E-state index contributed by atoms with van der Waals surface area (Å²) >= 11 is 0. The van der Waals surface area contributed by atoms with Crippen molar-refractivity contribution in [2.24, 2.45) is 0 Å². The molecule has 0 aliphatic heterocycles. The van der Waals surface area contributed by atoms with E-state index in [0.717, 1.165) is 36.0 Å². The zero-order valence-corrected chi connectivity index (χ0v) is 9.20. The lowest BCUT2D eigenvalue weighted by atomic mass is 9.91. The van der Waals surface area contributed by atoms with Crippen molar-refractivity contribution in [1.29, 1.82) is 0 Å². The second-order valence-electron chi connectivity index (χ2n) is 4.03. The normalized spacial score (nSPS) is 18.4. The zero-order valence-electron chi connectivity index (χ0n) is 9.20. The van der Waals surface area contributed by atoms with Gasteiger partial charge in [-0.15, -0.1) is 6.42 Å². The number of hydrogen-bond acceptors (Lipinski definition) is 1. The van der Waals surface area contributed by atoms with Crippen LogP contribution in [0.4, 0.5) is 0 Å². The number of hydrogen-bond donors (Lipinski definition) is 0. The van der Waals surface area contributed by atoms with Gasteiger partial charge in [-0.1, -0.05) is 24.1 Å². The highest BCUT2D eigenvalue weighted by Gasteiger charge is 2.14. The van der Waals surface area contributed by atoms with Crippen LogP contribution in [0.15, 0.2) is 29.8 Å². The number of ketones is 1. The van der Waals surface area contributed by atoms with Crippen molar-refractivity contribution in [1.82, 2.24) is 0 Å². The summed E-state index contributed by atoms with van der Waals surface area (Å²) < 4.78 is 0. The number of carbonyl (C=O) groups excluding carboxylic acids is 1. The van der Waals surface area contributed by atoms with Crippen molar-refractivity contribution < 1.29 is 4.79 Å². The molecule has 0 saturated heterocycles. The molecule has 1 saturated carbocycles. The minimum Gasteiger partial charge on any atom is -0.295 e. The lowest BCUT2D eigenvalue weighted by Gasteiger charge is -2.12. The highest BCUT2D eigenvalue weighted by molar-refractivity contribution is 6.00. The summed E-state index contributed by atoms with van der Waals surface area (Å²) in [5, 5.41) is 0. The van der Waals surface area contributed by atoms with E-state index in [1.165, 1.54) is 0 Å². The van der Waals surface area contributed by atoms with Crippen molar-refractivity contribution in [3.8, 4) is 12.3 Å². The van der Waals surface area contributed by atoms with E-state index in [-0.39, 0.29) is 5.78 Å². The van der Waals surface area contributed by atoms with Crippen LogP contribution in [0, 0.1) is 12.3 Å². The standard InChI is InChI=1S/C15H14O/c1-2-12-7-3-4-8-13(12)11-14-9-5-6-10-15(14)16/h1,3-4,7-8,11H,5-6,9-10H2/b14-11-. The molecule has 0 atom stereocenters. The number of Topliss-reactive ketones (excluding diaryl/α,β-unsaturated/α-hetero) is 1. The third-order valence-corrected chi connectivity index (χ3v) is 2.90. The van der Waals surface area contributed by atoms with E-state index in [0.29, 0.717) is 6.42 Å². The molecular weight excluding hydrogens is 196 g/mol. The Labute approximate surface area is 96.2 Å². The Morgan fingerprint density at radius 1 is 1.19 bits per heavy atom. The lowest BCUT2D eigenvalue weighted by Crippen LogP contribution is -2.08. The Morgan fingerprint density at radius 2 is 1.94 bits per heavy atom. The molecule has 0 amide bonds. The maximum Gasteiger partial charge on any atom is 0.158 e. The average Bonchev–Trinajstić information content (AvgIpc) is 2.33. The van der Waals surface area contributed by atoms with Gasteiger partial charge in [-0.3, -0.25) is 4.79 Å². The van der Waals surface area contributed by atoms with Crippen molar-refractivity contribution in [2.75, 3.05) is 0 Å². The van der Waals surface area contributed by atoms with E-state index in [1.54, 1.807) is 0 Å². The number of benzene rings is 1. The summed E-state index contributed by atoms with van der Waals surface area (Å²) in [6, 6.07) is 7.73. The fraction of sp³-hybridized carbons (Fsp3) is 0.267. The van der Waals surface area contributed by atoms with Crippen molar-refractivity contribution in [2.45, 2.75) is 25.7 Å². The van der Waals surface area contributed by atoms with E-state index in [4.69, 9.17) is 6.42 Å². The summed E-state index contributed by atoms with van der Waals surface area (Å²) in [4.78, 5) is 11.7. The van der Waals surface area contributed by atoms with Crippen LogP contribution in [0.2, 0.25) is 0 Å². The average molecular weight is 210 g/mol. The smallest absolute Gasteiger partial charge is 0.158 e. The summed E-state index contributed by atoms with van der Waals surface area (Å²) in [7, 11) is 0. The van der Waals surface area contributed by atoms with Crippen molar-refractivity contribution in [3.05, 3.63) is 41.0 Å². The van der Waals surface area contributed by atoms with Gasteiger partial charge >= 0.3 is 0 Å². The molecule has 0 aromatic heterocycles. The van der Waals surface area contributed by atoms with Gasteiger partial charge in [-0.05, 0) is 42.5 Å². The SMILES string of the molecule is C#Cc1ccccc1/C=C1/CCCCC1=O. The molecule has 1 aliphatic rings. The Balaban J connectivity index is 2.35. The van der Waals surface area contributed by atoms with Gasteiger partial charge in [0.1, 0.15) is 0 Å². The fourth-order valence-corrected chi connectivity index (χ4v) is 2.00. The molecule has 1 heteroatoms. The third-order valence-electron chi connectivity index (χ3n) is 2.90. The monoisotopic (exact) mass is 210 g/mol. The number of allylic oxidation sites excluding steroid dienone is 1. The van der Waals surface area contributed by atoms with Crippen LogP contribution in [0.3, 0.4) is 0 Å². The quantitative estimate of drug-likeness (QED) is 0.514. The van der Waals surface area contributed by atoms with Crippen molar-refractivity contribution in [3.63, 3.8) is 0 Å². The van der Waals surface area contributed by atoms with Crippen LogP contribution >= 0.6 is 0 Å². The summed E-state index contributed by atoms with van der Waals surface area (Å²) in [5.41, 5.74) is 2.76. The minimum atomic E-state index is 0.276. The molecule has 0 spiro atoms. The van der Waals surface area contributed by atoms with Crippen LogP contribution in [0.1, 0.15) is 36.8 Å². The van der Waals surface area contributed by atoms with Crippen LogP contribution in [-0.4, -0.2) is 5.78 Å². The van der Waals surface area contributed by atoms with E-state index < -0.39 is 0 Å². The predicted molar refractivity (Wildman–Crippen MR) is 65.8 cm³/mol. The van der Waals surface area contributed by atoms with Gasteiger partial charge in [0.15, 0.2) is 5.78 Å². The molecule has 0 N–H and O–H groups in total. The number of terminal acetylenes is 1. The summed E-state index contributed by atoms with van der Waals surface area (Å²) in [5.74, 6) is 2.92. The van der Waals surface area contributed by atoms with Gasteiger partial charge in [-0.2, -0.15) is 0 Å². The molecule has 1 aromatic rings. The molecule has 16 heavy (non-hydrogen) atoms. The Hall–Kier alpha value is -1.81. The third kappa shape index (κ3) is 2.23. The second-order valence-corrected chi connectivity index (χ2v) is 4.03. The van der Waals surface area contributed by atoms with E-state index in [9.17, 15) is 4.79 Å². The largest absolute Gasteiger partial charge is 0.295 e. The Morgan fingerprint density at radius 3 is 2.69 bits per heavy atom. The Bertz CT molecular complexity index is 474. The van der Waals surface area contributed by atoms with Gasteiger partial charge in [0, 0.05) is 12.0 Å². The molecule has 1 aromatic carbocycles. The van der Waals surface area contributed by atoms with Crippen LogP contribution in [0.5, 0.6) is 0 Å². The topological polar surface area (TPSA) is 17.1 Å². The second kappa shape index (κ2) is 4.81. The van der Waals surface area contributed by atoms with Gasteiger partial charge in [0.25, 0.3) is 0 Å². The molecular formula is C15H14O. The van der Waals surface area contributed by atoms with E-state index in [1.807, 2.05) is 30.3 Å². The highest BCUT2D eigenvalue weighted by Crippen LogP contribution is 2.23. The summed E-state index contributed by atoms with van der Waals surface area (Å²) in [6.45, 7) is 0. The van der Waals surface area contributed by atoms with Gasteiger partial charge in [0.2, 0.25) is 0 Å². The maximum absolute atomic E-state index is 11.7. The first-order chi connectivity index (χ1) is 7.81. The van der Waals surface area contributed by atoms with Crippen molar-refractivity contribution >= 4 is 11.9 Å². The molecule has 1 nitrogen and oxygen atoms in total. The molecule has 1 aliphatic carbocycles. The van der Waals surface area contributed by atoms with Gasteiger partial charge in [0.05, 0.1) is 0 Å². The molecule has 0 heterocycles. The molecule has 1 fully saturated rings. The lowest BCUT2D eigenvalue weighted by molar-refractivity contribution is -0.116. The number of rotatable bonds is 1. The molecule has 2 rings (SSSR count). The van der Waals surface area contributed by atoms with Gasteiger partial charge < -0.3 is 0 Å². The van der Waals surface area contributed by atoms with Gasteiger partial charge in [-0.25, -0.2) is 0 Å². The highest BCUT2D eigenvalue weighted by atomic mass is 16.1. The fourth-order valence-electron chi connectivity index (χ4n) is 2.00. The van der Waals surface area contributed by atoms with Crippen LogP contribution in [-0.2, 0) is 4.79 Å². The van der Waals surface area contributed by atoms with E-state index in [2.05, 4.69) is 5.92 Å². The van der Waals surface area contributed by atoms with Crippen LogP contribution < -0.4 is 0 Å². The number of carbonyl (C=O) groups is 1. The molecule has 0 bridgehead atoms. The predicted octanol–water partition coefficient (Wildman–Crippen LogP) is 3.19. The zero-order chi connectivity index (χ0) is 11.4. The first kappa shape index (κ1) is 10.7. The maximum atomic E-state index is 11.7. The molecule has 0 unspecified atom stereocenters. The van der Waals surface area contributed by atoms with E-state index >= 15 is 0 Å².